The molecule has 0 saturated carbocycles. The number of hydrogen-bond acceptors (Lipinski definition) is 5. The van der Waals surface area contributed by atoms with Crippen LogP contribution in [0.1, 0.15) is 18.1 Å². The number of morpholine rings is 1. The number of likely N-dealkylation sites (N-methyl/N-ethyl adjacent to an activating group) is 1. The maximum absolute atomic E-state index is 12.9. The fourth-order valence-corrected chi connectivity index (χ4v) is 4.60. The zero-order chi connectivity index (χ0) is 19.2. The number of aryl methyl sites for hydroxylation is 2. The first-order valence-electron chi connectivity index (χ1n) is 8.98. The lowest BCUT2D eigenvalue weighted by Gasteiger charge is -2.26. The Bertz CT molecular complexity index is 715. The van der Waals surface area contributed by atoms with Gasteiger partial charge in [-0.05, 0) is 31.0 Å². The van der Waals surface area contributed by atoms with Crippen LogP contribution in [0.15, 0.2) is 23.1 Å². The van der Waals surface area contributed by atoms with Crippen LogP contribution in [-0.2, 0) is 19.6 Å². The highest BCUT2D eigenvalue weighted by atomic mass is 32.2. The third kappa shape index (κ3) is 5.51. The van der Waals surface area contributed by atoms with Crippen LogP contribution in [0.2, 0.25) is 0 Å². The molecule has 1 amide bonds. The number of benzene rings is 1. The number of carbonyl (C=O) groups excluding carboxylic acids is 1. The summed E-state index contributed by atoms with van der Waals surface area (Å²) in [5, 5.41) is 2.82. The van der Waals surface area contributed by atoms with Crippen molar-refractivity contribution in [2.24, 2.45) is 0 Å². The molecule has 1 aliphatic heterocycles. The molecule has 1 fully saturated rings. The summed E-state index contributed by atoms with van der Waals surface area (Å²) in [6.45, 7) is 9.82. The second-order valence-electron chi connectivity index (χ2n) is 6.50. The summed E-state index contributed by atoms with van der Waals surface area (Å²) in [6.07, 6.45) is 0. The third-order valence-electron chi connectivity index (χ3n) is 4.49. The SMILES string of the molecule is CCN(CC(=O)NCCN1CCOCC1)S(=O)(=O)c1cc(C)ccc1C. The quantitative estimate of drug-likeness (QED) is 0.717. The Labute approximate surface area is 156 Å². The lowest BCUT2D eigenvalue weighted by molar-refractivity contribution is -0.121. The Hall–Kier alpha value is -1.48. The van der Waals surface area contributed by atoms with Crippen molar-refractivity contribution in [1.82, 2.24) is 14.5 Å². The van der Waals surface area contributed by atoms with Crippen LogP contribution in [0, 0.1) is 13.8 Å². The number of amides is 1. The monoisotopic (exact) mass is 383 g/mol. The van der Waals surface area contributed by atoms with E-state index in [1.807, 2.05) is 13.0 Å². The molecule has 1 heterocycles. The first kappa shape index (κ1) is 20.8. The molecule has 0 spiro atoms. The Balaban J connectivity index is 1.94. The first-order chi connectivity index (χ1) is 12.3. The van der Waals surface area contributed by atoms with E-state index in [9.17, 15) is 13.2 Å². The lowest BCUT2D eigenvalue weighted by atomic mass is 10.2. The van der Waals surface area contributed by atoms with Crippen LogP contribution >= 0.6 is 0 Å². The van der Waals surface area contributed by atoms with Gasteiger partial charge in [0.05, 0.1) is 24.7 Å². The normalized spacial score (nSPS) is 16.0. The second-order valence-corrected chi connectivity index (χ2v) is 8.41. The summed E-state index contributed by atoms with van der Waals surface area (Å²) < 4.78 is 32.3. The molecule has 1 saturated heterocycles. The lowest BCUT2D eigenvalue weighted by Crippen LogP contribution is -2.44. The van der Waals surface area contributed by atoms with Gasteiger partial charge in [-0.1, -0.05) is 19.1 Å². The van der Waals surface area contributed by atoms with E-state index in [0.717, 1.165) is 25.2 Å². The maximum Gasteiger partial charge on any atom is 0.243 e. The van der Waals surface area contributed by atoms with Gasteiger partial charge >= 0.3 is 0 Å². The van der Waals surface area contributed by atoms with E-state index in [4.69, 9.17) is 4.74 Å². The summed E-state index contributed by atoms with van der Waals surface area (Å²) in [6, 6.07) is 5.32. The molecule has 8 heteroatoms. The molecular weight excluding hydrogens is 354 g/mol. The summed E-state index contributed by atoms with van der Waals surface area (Å²) in [4.78, 5) is 14.7. The van der Waals surface area contributed by atoms with E-state index in [2.05, 4.69) is 10.2 Å². The molecule has 1 aromatic carbocycles. The Morgan fingerprint density at radius 1 is 1.27 bits per heavy atom. The molecule has 1 N–H and O–H groups in total. The molecule has 7 nitrogen and oxygen atoms in total. The molecular formula is C18H29N3O4S. The molecule has 0 bridgehead atoms. The summed E-state index contributed by atoms with van der Waals surface area (Å²) >= 11 is 0. The summed E-state index contributed by atoms with van der Waals surface area (Å²) in [5.41, 5.74) is 1.56. The molecule has 0 unspecified atom stereocenters. The third-order valence-corrected chi connectivity index (χ3v) is 6.55. The summed E-state index contributed by atoms with van der Waals surface area (Å²) in [5.74, 6) is -0.283. The van der Waals surface area contributed by atoms with Gasteiger partial charge in [-0.15, -0.1) is 0 Å². The van der Waals surface area contributed by atoms with Crippen LogP contribution in [0.4, 0.5) is 0 Å². The number of nitrogens with zero attached hydrogens (tertiary/aromatic N) is 2. The van der Waals surface area contributed by atoms with Gasteiger partial charge in [0.1, 0.15) is 0 Å². The molecule has 0 aliphatic carbocycles. The molecule has 0 atom stereocenters. The standard InChI is InChI=1S/C18H29N3O4S/c1-4-21(26(23,24)17-13-15(2)5-6-16(17)3)14-18(22)19-7-8-20-9-11-25-12-10-20/h5-6,13H,4,7-12,14H2,1-3H3,(H,19,22). The predicted octanol–water partition coefficient (Wildman–Crippen LogP) is 0.762. The topological polar surface area (TPSA) is 79.0 Å². The van der Waals surface area contributed by atoms with E-state index in [-0.39, 0.29) is 23.9 Å². The fraction of sp³-hybridized carbons (Fsp3) is 0.611. The average molecular weight is 384 g/mol. The Morgan fingerprint density at radius 2 is 1.96 bits per heavy atom. The largest absolute Gasteiger partial charge is 0.379 e. The van der Waals surface area contributed by atoms with Crippen molar-refractivity contribution in [2.45, 2.75) is 25.7 Å². The van der Waals surface area contributed by atoms with Crippen LogP contribution < -0.4 is 5.32 Å². The van der Waals surface area contributed by atoms with Gasteiger partial charge in [0, 0.05) is 32.7 Å². The number of ether oxygens (including phenoxy) is 1. The van der Waals surface area contributed by atoms with Gasteiger partial charge in [-0.2, -0.15) is 4.31 Å². The molecule has 146 valence electrons. The first-order valence-corrected chi connectivity index (χ1v) is 10.4. The van der Waals surface area contributed by atoms with Crippen LogP contribution in [-0.4, -0.2) is 76.0 Å². The highest BCUT2D eigenvalue weighted by Gasteiger charge is 2.26. The molecule has 2 rings (SSSR count). The number of rotatable bonds is 8. The van der Waals surface area contributed by atoms with E-state index >= 15 is 0 Å². The maximum atomic E-state index is 12.9. The van der Waals surface area contributed by atoms with Crippen LogP contribution in [0.5, 0.6) is 0 Å². The van der Waals surface area contributed by atoms with Crippen LogP contribution in [0.25, 0.3) is 0 Å². The van der Waals surface area contributed by atoms with Gasteiger partial charge in [-0.3, -0.25) is 9.69 Å². The van der Waals surface area contributed by atoms with Gasteiger partial charge in [0.15, 0.2) is 0 Å². The van der Waals surface area contributed by atoms with E-state index in [0.29, 0.717) is 25.3 Å². The highest BCUT2D eigenvalue weighted by Crippen LogP contribution is 2.21. The number of nitrogens with one attached hydrogen (secondary N) is 1. The zero-order valence-corrected chi connectivity index (χ0v) is 16.6. The molecule has 0 aromatic heterocycles. The zero-order valence-electron chi connectivity index (χ0n) is 15.8. The van der Waals surface area contributed by atoms with Crippen molar-refractivity contribution >= 4 is 15.9 Å². The minimum Gasteiger partial charge on any atom is -0.379 e. The van der Waals surface area contributed by atoms with Crippen molar-refractivity contribution < 1.29 is 17.9 Å². The fourth-order valence-electron chi connectivity index (χ4n) is 2.89. The van der Waals surface area contributed by atoms with Gasteiger partial charge in [0.25, 0.3) is 0 Å². The number of hydrogen-bond donors (Lipinski definition) is 1. The predicted molar refractivity (Wildman–Crippen MR) is 101 cm³/mol. The highest BCUT2D eigenvalue weighted by molar-refractivity contribution is 7.89. The molecule has 1 aliphatic rings. The van der Waals surface area contributed by atoms with Gasteiger partial charge in [-0.25, -0.2) is 8.42 Å². The van der Waals surface area contributed by atoms with E-state index in [1.54, 1.807) is 26.0 Å². The molecule has 1 aromatic rings. The summed E-state index contributed by atoms with van der Waals surface area (Å²) in [7, 11) is -3.70. The van der Waals surface area contributed by atoms with Crippen molar-refractivity contribution in [2.75, 3.05) is 52.5 Å². The minimum absolute atomic E-state index is 0.171. The smallest absolute Gasteiger partial charge is 0.243 e. The minimum atomic E-state index is -3.70. The van der Waals surface area contributed by atoms with Gasteiger partial charge < -0.3 is 10.1 Å². The molecule has 26 heavy (non-hydrogen) atoms. The van der Waals surface area contributed by atoms with E-state index in [1.165, 1.54) is 4.31 Å². The van der Waals surface area contributed by atoms with E-state index < -0.39 is 10.0 Å². The van der Waals surface area contributed by atoms with Crippen molar-refractivity contribution in [1.29, 1.82) is 0 Å². The molecule has 0 radical (unpaired) electrons. The Morgan fingerprint density at radius 3 is 2.62 bits per heavy atom. The number of carbonyl (C=O) groups is 1. The Kier molecular flexibility index (Phi) is 7.57. The van der Waals surface area contributed by atoms with Crippen molar-refractivity contribution in [3.8, 4) is 0 Å². The van der Waals surface area contributed by atoms with Crippen molar-refractivity contribution in [3.63, 3.8) is 0 Å². The van der Waals surface area contributed by atoms with Gasteiger partial charge in [0.2, 0.25) is 15.9 Å². The van der Waals surface area contributed by atoms with Crippen molar-refractivity contribution in [3.05, 3.63) is 29.3 Å². The number of sulfonamides is 1. The van der Waals surface area contributed by atoms with Crippen LogP contribution in [0.3, 0.4) is 0 Å². The average Bonchev–Trinajstić information content (AvgIpc) is 2.62. The second kappa shape index (κ2) is 9.45.